The van der Waals surface area contributed by atoms with Gasteiger partial charge in [-0.3, -0.25) is 0 Å². The molecular weight excluding hydrogens is 280 g/mol. The van der Waals surface area contributed by atoms with E-state index in [1.54, 1.807) is 11.3 Å². The Morgan fingerprint density at radius 1 is 1.33 bits per heavy atom. The molecule has 21 heavy (non-hydrogen) atoms. The molecule has 1 aromatic carbocycles. The number of fused-ring (bicyclic) bond motifs is 1. The Morgan fingerprint density at radius 3 is 2.81 bits per heavy atom. The number of thiazole rings is 1. The van der Waals surface area contributed by atoms with Crippen molar-refractivity contribution >= 4 is 11.3 Å². The summed E-state index contributed by atoms with van der Waals surface area (Å²) in [7, 11) is 0. The molecule has 2 heterocycles. The molecule has 0 bridgehead atoms. The molecule has 1 aliphatic heterocycles. The smallest absolute Gasteiger partial charge is 0.127 e. The minimum absolute atomic E-state index is 0.114. The minimum Gasteiger partial charge on any atom is -0.493 e. The van der Waals surface area contributed by atoms with Gasteiger partial charge in [-0.25, -0.2) is 4.98 Å². The number of rotatable bonds is 3. The molecule has 2 aromatic rings. The van der Waals surface area contributed by atoms with E-state index in [4.69, 9.17) is 15.5 Å². The lowest BCUT2D eigenvalue weighted by atomic mass is 9.93. The fraction of sp³-hybridized carbons (Fsp3) is 0.471. The molecule has 0 aliphatic carbocycles. The van der Waals surface area contributed by atoms with Crippen molar-refractivity contribution < 1.29 is 4.74 Å². The first kappa shape index (κ1) is 14.5. The highest BCUT2D eigenvalue weighted by Crippen LogP contribution is 2.32. The summed E-state index contributed by atoms with van der Waals surface area (Å²) in [4.78, 5) is 4.78. The molecule has 2 N–H and O–H groups in total. The second-order valence-electron chi connectivity index (χ2n) is 6.60. The van der Waals surface area contributed by atoms with Gasteiger partial charge < -0.3 is 10.5 Å². The van der Waals surface area contributed by atoms with Crippen molar-refractivity contribution in [3.8, 4) is 5.75 Å². The van der Waals surface area contributed by atoms with Crippen LogP contribution < -0.4 is 10.5 Å². The van der Waals surface area contributed by atoms with Crippen LogP contribution >= 0.6 is 11.3 Å². The van der Waals surface area contributed by atoms with Crippen molar-refractivity contribution in [2.75, 3.05) is 6.61 Å². The zero-order valence-corrected chi connectivity index (χ0v) is 13.7. The van der Waals surface area contributed by atoms with Crippen LogP contribution in [0, 0.1) is 0 Å². The van der Waals surface area contributed by atoms with Crippen LogP contribution in [0.3, 0.4) is 0 Å². The molecule has 3 rings (SSSR count). The maximum Gasteiger partial charge on any atom is 0.127 e. The average molecular weight is 302 g/mol. The van der Waals surface area contributed by atoms with Gasteiger partial charge in [0.05, 0.1) is 17.3 Å². The predicted octanol–water partition coefficient (Wildman–Crippen LogP) is 3.43. The van der Waals surface area contributed by atoms with Gasteiger partial charge in [-0.05, 0) is 11.1 Å². The second-order valence-corrected chi connectivity index (χ2v) is 7.54. The Labute approximate surface area is 130 Å². The lowest BCUT2D eigenvalue weighted by Crippen LogP contribution is -2.11. The summed E-state index contributed by atoms with van der Waals surface area (Å²) in [5.74, 6) is 1.01. The lowest BCUT2D eigenvalue weighted by molar-refractivity contribution is 0.353. The van der Waals surface area contributed by atoms with Crippen molar-refractivity contribution in [3.63, 3.8) is 0 Å². The van der Waals surface area contributed by atoms with Crippen molar-refractivity contribution in [1.29, 1.82) is 0 Å². The van der Waals surface area contributed by atoms with E-state index in [2.05, 4.69) is 38.3 Å². The van der Waals surface area contributed by atoms with Gasteiger partial charge in [-0.15, -0.1) is 11.3 Å². The molecule has 0 saturated carbocycles. The van der Waals surface area contributed by atoms with E-state index in [0.717, 1.165) is 30.8 Å². The van der Waals surface area contributed by atoms with Gasteiger partial charge in [-0.1, -0.05) is 32.9 Å². The van der Waals surface area contributed by atoms with Gasteiger partial charge in [0, 0.05) is 35.7 Å². The Kier molecular flexibility index (Phi) is 3.76. The summed E-state index contributed by atoms with van der Waals surface area (Å²) in [5, 5.41) is 3.34. The number of hydrogen-bond donors (Lipinski definition) is 1. The van der Waals surface area contributed by atoms with Crippen LogP contribution in [0.25, 0.3) is 0 Å². The van der Waals surface area contributed by atoms with E-state index in [1.165, 1.54) is 21.8 Å². The topological polar surface area (TPSA) is 48.1 Å². The summed E-state index contributed by atoms with van der Waals surface area (Å²) < 4.78 is 5.68. The van der Waals surface area contributed by atoms with Gasteiger partial charge in [0.1, 0.15) is 5.75 Å². The summed E-state index contributed by atoms with van der Waals surface area (Å²) in [6.07, 6.45) is 1.86. The maximum absolute atomic E-state index is 5.85. The number of nitrogens with two attached hydrogens (primary N) is 1. The molecular formula is C17H22N2OS. The van der Waals surface area contributed by atoms with Crippen molar-refractivity contribution in [2.24, 2.45) is 5.73 Å². The van der Waals surface area contributed by atoms with Crippen LogP contribution in [0.1, 0.15) is 48.2 Å². The second kappa shape index (κ2) is 5.43. The predicted molar refractivity (Wildman–Crippen MR) is 87.2 cm³/mol. The van der Waals surface area contributed by atoms with Crippen LogP contribution in [0.4, 0.5) is 0 Å². The largest absolute Gasteiger partial charge is 0.493 e. The van der Waals surface area contributed by atoms with Gasteiger partial charge in [0.25, 0.3) is 0 Å². The Balaban J connectivity index is 1.87. The van der Waals surface area contributed by atoms with E-state index < -0.39 is 0 Å². The minimum atomic E-state index is 0.114. The van der Waals surface area contributed by atoms with Crippen LogP contribution in [0.5, 0.6) is 5.75 Å². The molecule has 3 nitrogen and oxygen atoms in total. The third-order valence-electron chi connectivity index (χ3n) is 3.82. The Hall–Kier alpha value is -1.39. The number of hydrogen-bond acceptors (Lipinski definition) is 4. The first-order valence-corrected chi connectivity index (χ1v) is 8.28. The number of benzene rings is 1. The maximum atomic E-state index is 5.85. The third kappa shape index (κ3) is 2.97. The summed E-state index contributed by atoms with van der Waals surface area (Å²) in [6, 6.07) is 4.42. The molecule has 1 aromatic heterocycles. The first-order chi connectivity index (χ1) is 9.97. The van der Waals surface area contributed by atoms with Crippen molar-refractivity contribution in [3.05, 3.63) is 44.9 Å². The molecule has 1 aliphatic rings. The zero-order valence-electron chi connectivity index (χ0n) is 12.9. The number of aromatic nitrogens is 1. The molecule has 0 fully saturated rings. The lowest BCUT2D eigenvalue weighted by Gasteiger charge is -2.14. The highest BCUT2D eigenvalue weighted by atomic mass is 32.1. The third-order valence-corrected chi connectivity index (χ3v) is 4.66. The normalized spacial score (nSPS) is 14.1. The van der Waals surface area contributed by atoms with Crippen LogP contribution in [0.15, 0.2) is 17.5 Å². The molecule has 112 valence electrons. The van der Waals surface area contributed by atoms with Gasteiger partial charge in [-0.2, -0.15) is 0 Å². The average Bonchev–Trinajstić information content (AvgIpc) is 3.05. The highest BCUT2D eigenvalue weighted by molar-refractivity contribution is 7.09. The monoisotopic (exact) mass is 302 g/mol. The quantitative estimate of drug-likeness (QED) is 0.945. The van der Waals surface area contributed by atoms with E-state index >= 15 is 0 Å². The SMILES string of the molecule is CC(C)(C)c1csc(Cc2cc(CN)c3c(c2)CCO3)n1. The van der Waals surface area contributed by atoms with Gasteiger partial charge in [0.2, 0.25) is 0 Å². The van der Waals surface area contributed by atoms with E-state index in [9.17, 15) is 0 Å². The standard InChI is InChI=1S/C17H22N2OS/c1-17(2,3)14-10-21-15(19-14)8-11-6-12-4-5-20-16(12)13(7-11)9-18/h6-7,10H,4-5,8-9,18H2,1-3H3. The fourth-order valence-electron chi connectivity index (χ4n) is 2.63. The van der Waals surface area contributed by atoms with Crippen LogP contribution in [-0.4, -0.2) is 11.6 Å². The molecule has 4 heteroatoms. The molecule has 0 radical (unpaired) electrons. The molecule has 0 unspecified atom stereocenters. The van der Waals surface area contributed by atoms with Crippen LogP contribution in [0.2, 0.25) is 0 Å². The summed E-state index contributed by atoms with van der Waals surface area (Å²) in [6.45, 7) is 7.90. The van der Waals surface area contributed by atoms with E-state index in [1.807, 2.05) is 0 Å². The van der Waals surface area contributed by atoms with Gasteiger partial charge >= 0.3 is 0 Å². The number of nitrogens with zero attached hydrogens (tertiary/aromatic N) is 1. The van der Waals surface area contributed by atoms with Crippen molar-refractivity contribution in [1.82, 2.24) is 4.98 Å². The highest BCUT2D eigenvalue weighted by Gasteiger charge is 2.19. The molecule has 0 amide bonds. The van der Waals surface area contributed by atoms with E-state index in [-0.39, 0.29) is 5.41 Å². The Bertz CT molecular complexity index is 655. The van der Waals surface area contributed by atoms with E-state index in [0.29, 0.717) is 6.54 Å². The molecule has 0 atom stereocenters. The number of ether oxygens (including phenoxy) is 1. The zero-order chi connectivity index (χ0) is 15.0. The van der Waals surface area contributed by atoms with Crippen molar-refractivity contribution in [2.45, 2.75) is 45.6 Å². The van der Waals surface area contributed by atoms with Crippen LogP contribution in [-0.2, 0) is 24.8 Å². The Morgan fingerprint density at radius 2 is 2.14 bits per heavy atom. The molecule has 0 spiro atoms. The first-order valence-electron chi connectivity index (χ1n) is 7.40. The van der Waals surface area contributed by atoms with Gasteiger partial charge in [0.15, 0.2) is 0 Å². The summed E-state index contributed by atoms with van der Waals surface area (Å²) in [5.41, 5.74) is 10.8. The summed E-state index contributed by atoms with van der Waals surface area (Å²) >= 11 is 1.74. The molecule has 0 saturated heterocycles. The fourth-order valence-corrected chi connectivity index (χ4v) is 3.68.